The Morgan fingerprint density at radius 2 is 1.53 bits per heavy atom. The molecule has 1 heterocycles. The van der Waals surface area contributed by atoms with Crippen molar-refractivity contribution in [3.05, 3.63) is 71.3 Å². The van der Waals surface area contributed by atoms with Gasteiger partial charge >= 0.3 is 0 Å². The number of hydrogen-bond donors (Lipinski definition) is 1. The predicted molar refractivity (Wildman–Crippen MR) is 112 cm³/mol. The highest BCUT2D eigenvalue weighted by Crippen LogP contribution is 2.23. The summed E-state index contributed by atoms with van der Waals surface area (Å²) in [7, 11) is 1.53. The van der Waals surface area contributed by atoms with E-state index in [9.17, 15) is 19.2 Å². The van der Waals surface area contributed by atoms with Crippen LogP contribution in [0.2, 0.25) is 0 Å². The number of carbonyl (C=O) groups is 4. The Morgan fingerprint density at radius 3 is 2.10 bits per heavy atom. The summed E-state index contributed by atoms with van der Waals surface area (Å²) >= 11 is 0. The van der Waals surface area contributed by atoms with E-state index in [1.54, 1.807) is 31.2 Å². The van der Waals surface area contributed by atoms with Crippen LogP contribution in [0.5, 0.6) is 0 Å². The lowest BCUT2D eigenvalue weighted by Gasteiger charge is -2.28. The van der Waals surface area contributed by atoms with Crippen molar-refractivity contribution >= 4 is 23.6 Å². The number of amides is 4. The highest BCUT2D eigenvalue weighted by Gasteiger charge is 2.35. The Kier molecular flexibility index (Phi) is 6.61. The summed E-state index contributed by atoms with van der Waals surface area (Å²) in [6.45, 7) is 2.15. The molecule has 0 aliphatic carbocycles. The maximum absolute atomic E-state index is 12.9. The van der Waals surface area contributed by atoms with Crippen LogP contribution in [0.4, 0.5) is 0 Å². The number of nitrogens with one attached hydrogen (secondary N) is 1. The number of fused-ring (bicyclic) bond motifs is 1. The van der Waals surface area contributed by atoms with Gasteiger partial charge in [-0.25, -0.2) is 0 Å². The molecule has 7 heteroatoms. The number of likely N-dealkylation sites (N-methyl/N-ethyl adjacent to an activating group) is 1. The van der Waals surface area contributed by atoms with Crippen molar-refractivity contribution in [1.29, 1.82) is 0 Å². The van der Waals surface area contributed by atoms with Gasteiger partial charge in [0.25, 0.3) is 11.8 Å². The van der Waals surface area contributed by atoms with Crippen LogP contribution >= 0.6 is 0 Å². The fourth-order valence-electron chi connectivity index (χ4n) is 3.55. The van der Waals surface area contributed by atoms with Crippen LogP contribution in [0.15, 0.2) is 54.6 Å². The first-order valence-electron chi connectivity index (χ1n) is 9.94. The standard InChI is InChI=1S/C23H25N3O4/c1-16(21(28)24-2)26(15-17-9-4-3-5-10-17)20(27)13-8-14-25-22(29)18-11-6-7-12-19(18)23(25)30/h3-7,9-12,16H,8,13-15H2,1-2H3,(H,24,28)/t16-/m1/s1. The summed E-state index contributed by atoms with van der Waals surface area (Å²) in [5.41, 5.74) is 1.71. The van der Waals surface area contributed by atoms with Crippen LogP contribution in [0, 0.1) is 0 Å². The molecule has 4 amide bonds. The van der Waals surface area contributed by atoms with E-state index >= 15 is 0 Å². The average Bonchev–Trinajstić information content (AvgIpc) is 3.02. The Hall–Kier alpha value is -3.48. The van der Waals surface area contributed by atoms with Gasteiger partial charge in [-0.3, -0.25) is 24.1 Å². The minimum absolute atomic E-state index is 0.127. The molecular weight excluding hydrogens is 382 g/mol. The van der Waals surface area contributed by atoms with Crippen molar-refractivity contribution in [2.45, 2.75) is 32.4 Å². The minimum atomic E-state index is -0.637. The molecule has 2 aromatic carbocycles. The molecule has 7 nitrogen and oxygen atoms in total. The highest BCUT2D eigenvalue weighted by molar-refractivity contribution is 6.21. The van der Waals surface area contributed by atoms with Crippen molar-refractivity contribution < 1.29 is 19.2 Å². The molecular formula is C23H25N3O4. The molecule has 0 saturated carbocycles. The van der Waals surface area contributed by atoms with Crippen LogP contribution < -0.4 is 5.32 Å². The van der Waals surface area contributed by atoms with Gasteiger partial charge in [0.1, 0.15) is 6.04 Å². The van der Waals surface area contributed by atoms with Gasteiger partial charge in [0.05, 0.1) is 11.1 Å². The van der Waals surface area contributed by atoms with Gasteiger partial charge in [-0.05, 0) is 31.0 Å². The fourth-order valence-corrected chi connectivity index (χ4v) is 3.55. The lowest BCUT2D eigenvalue weighted by Crippen LogP contribution is -2.46. The molecule has 2 aromatic rings. The molecule has 1 aliphatic rings. The fraction of sp³-hybridized carbons (Fsp3) is 0.304. The first kappa shape index (κ1) is 21.2. The van der Waals surface area contributed by atoms with Gasteiger partial charge in [-0.1, -0.05) is 42.5 Å². The normalized spacial score (nSPS) is 13.7. The SMILES string of the molecule is CNC(=O)[C@@H](C)N(Cc1ccccc1)C(=O)CCCN1C(=O)c2ccccc2C1=O. The second-order valence-corrected chi connectivity index (χ2v) is 7.21. The molecule has 30 heavy (non-hydrogen) atoms. The van der Waals surface area contributed by atoms with E-state index in [2.05, 4.69) is 5.32 Å². The Labute approximate surface area is 175 Å². The molecule has 1 atom stereocenters. The zero-order valence-electron chi connectivity index (χ0n) is 17.1. The lowest BCUT2D eigenvalue weighted by molar-refractivity contribution is -0.140. The number of imide groups is 1. The Bertz CT molecular complexity index is 923. The van der Waals surface area contributed by atoms with Gasteiger partial charge < -0.3 is 10.2 Å². The molecule has 0 radical (unpaired) electrons. The molecule has 0 spiro atoms. The van der Waals surface area contributed by atoms with Crippen LogP contribution in [0.1, 0.15) is 46.0 Å². The number of rotatable bonds is 8. The maximum atomic E-state index is 12.9. The van der Waals surface area contributed by atoms with Crippen LogP contribution in [0.25, 0.3) is 0 Å². The summed E-state index contributed by atoms with van der Waals surface area (Å²) in [6, 6.07) is 15.5. The number of hydrogen-bond acceptors (Lipinski definition) is 4. The van der Waals surface area contributed by atoms with Gasteiger partial charge in [-0.2, -0.15) is 0 Å². The van der Waals surface area contributed by atoms with E-state index in [0.717, 1.165) is 5.56 Å². The van der Waals surface area contributed by atoms with Crippen molar-refractivity contribution in [3.8, 4) is 0 Å². The molecule has 0 fully saturated rings. The molecule has 0 aromatic heterocycles. The number of nitrogens with zero attached hydrogens (tertiary/aromatic N) is 2. The molecule has 1 aliphatic heterocycles. The van der Waals surface area contributed by atoms with Gasteiger partial charge in [-0.15, -0.1) is 0 Å². The second kappa shape index (κ2) is 9.35. The number of benzene rings is 2. The van der Waals surface area contributed by atoms with E-state index in [0.29, 0.717) is 24.1 Å². The Balaban J connectivity index is 1.64. The zero-order chi connectivity index (χ0) is 21.7. The molecule has 0 saturated heterocycles. The zero-order valence-corrected chi connectivity index (χ0v) is 17.1. The first-order valence-corrected chi connectivity index (χ1v) is 9.94. The maximum Gasteiger partial charge on any atom is 0.261 e. The monoisotopic (exact) mass is 407 g/mol. The summed E-state index contributed by atoms with van der Waals surface area (Å²) in [6.07, 6.45) is 0.456. The predicted octanol–water partition coefficient (Wildman–Crippen LogP) is 2.23. The molecule has 0 bridgehead atoms. The van der Waals surface area contributed by atoms with Crippen molar-refractivity contribution in [2.24, 2.45) is 0 Å². The quantitative estimate of drug-likeness (QED) is 0.680. The van der Waals surface area contributed by atoms with Crippen molar-refractivity contribution in [3.63, 3.8) is 0 Å². The summed E-state index contributed by atoms with van der Waals surface area (Å²) in [5.74, 6) is -1.11. The second-order valence-electron chi connectivity index (χ2n) is 7.21. The van der Waals surface area contributed by atoms with E-state index in [4.69, 9.17) is 0 Å². The summed E-state index contributed by atoms with van der Waals surface area (Å²) in [5, 5.41) is 2.58. The van der Waals surface area contributed by atoms with Gasteiger partial charge in [0.2, 0.25) is 11.8 Å². The van der Waals surface area contributed by atoms with E-state index in [-0.39, 0.29) is 36.6 Å². The molecule has 156 valence electrons. The molecule has 0 unspecified atom stereocenters. The summed E-state index contributed by atoms with van der Waals surface area (Å²) < 4.78 is 0. The van der Waals surface area contributed by atoms with Gasteiger partial charge in [0.15, 0.2) is 0 Å². The third-order valence-corrected chi connectivity index (χ3v) is 5.26. The molecule has 1 N–H and O–H groups in total. The third-order valence-electron chi connectivity index (χ3n) is 5.26. The minimum Gasteiger partial charge on any atom is -0.357 e. The first-order chi connectivity index (χ1) is 14.4. The Morgan fingerprint density at radius 1 is 0.967 bits per heavy atom. The van der Waals surface area contributed by atoms with Crippen LogP contribution in [0.3, 0.4) is 0 Å². The van der Waals surface area contributed by atoms with Gasteiger partial charge in [0, 0.05) is 26.6 Å². The highest BCUT2D eigenvalue weighted by atomic mass is 16.2. The topological polar surface area (TPSA) is 86.8 Å². The van der Waals surface area contributed by atoms with Crippen LogP contribution in [-0.2, 0) is 16.1 Å². The lowest BCUT2D eigenvalue weighted by atomic mass is 10.1. The van der Waals surface area contributed by atoms with Crippen LogP contribution in [-0.4, -0.2) is 53.1 Å². The van der Waals surface area contributed by atoms with E-state index in [1.165, 1.54) is 16.8 Å². The third kappa shape index (κ3) is 4.40. The largest absolute Gasteiger partial charge is 0.357 e. The summed E-state index contributed by atoms with van der Waals surface area (Å²) in [4.78, 5) is 52.7. The smallest absolute Gasteiger partial charge is 0.261 e. The van der Waals surface area contributed by atoms with Crippen molar-refractivity contribution in [1.82, 2.24) is 15.1 Å². The van der Waals surface area contributed by atoms with E-state index in [1.807, 2.05) is 30.3 Å². The van der Waals surface area contributed by atoms with E-state index < -0.39 is 6.04 Å². The average molecular weight is 407 g/mol. The number of carbonyl (C=O) groups excluding carboxylic acids is 4. The molecule has 3 rings (SSSR count). The van der Waals surface area contributed by atoms with Crippen molar-refractivity contribution in [2.75, 3.05) is 13.6 Å².